The smallest absolute Gasteiger partial charge is 0.407 e. The van der Waals surface area contributed by atoms with Gasteiger partial charge in [-0.15, -0.1) is 0 Å². The lowest BCUT2D eigenvalue weighted by Gasteiger charge is -2.16. The van der Waals surface area contributed by atoms with E-state index in [1.165, 1.54) is 4.90 Å². The molecule has 9 heteroatoms. The number of amides is 3. The van der Waals surface area contributed by atoms with Gasteiger partial charge in [0, 0.05) is 30.9 Å². The standard InChI is InChI=1S/C24H29N3O6/c28-22(26-32)12-3-1-2-8-18(23(29)25-19-13-14-27(15-19)24(30)31)16-33-21-11-6-9-17-7-4-5-10-20(17)21/h4-11,19,32H,1-3,12-16H2,(H,25,29)(H,26,28)(H,30,31). The summed E-state index contributed by atoms with van der Waals surface area (Å²) in [6.07, 6.45) is 3.35. The van der Waals surface area contributed by atoms with Crippen molar-refractivity contribution in [3.63, 3.8) is 0 Å². The average molecular weight is 456 g/mol. The van der Waals surface area contributed by atoms with Crippen molar-refractivity contribution in [3.05, 3.63) is 54.1 Å². The summed E-state index contributed by atoms with van der Waals surface area (Å²) in [4.78, 5) is 36.5. The molecule has 0 radical (unpaired) electrons. The zero-order chi connectivity index (χ0) is 23.6. The van der Waals surface area contributed by atoms with Gasteiger partial charge in [-0.2, -0.15) is 0 Å². The molecule has 0 spiro atoms. The molecule has 1 heterocycles. The second-order valence-electron chi connectivity index (χ2n) is 7.96. The topological polar surface area (TPSA) is 128 Å². The number of nitrogens with one attached hydrogen (secondary N) is 2. The Labute approximate surface area is 192 Å². The maximum absolute atomic E-state index is 13.0. The van der Waals surface area contributed by atoms with Crippen molar-refractivity contribution in [1.82, 2.24) is 15.7 Å². The number of allylic oxidation sites excluding steroid dienone is 1. The van der Waals surface area contributed by atoms with Crippen molar-refractivity contribution in [1.29, 1.82) is 0 Å². The Kier molecular flexibility index (Phi) is 8.65. The van der Waals surface area contributed by atoms with Crippen LogP contribution in [0.4, 0.5) is 4.79 Å². The van der Waals surface area contributed by atoms with Crippen LogP contribution in [0.5, 0.6) is 5.75 Å². The van der Waals surface area contributed by atoms with Crippen molar-refractivity contribution < 1.29 is 29.4 Å². The van der Waals surface area contributed by atoms with Gasteiger partial charge in [-0.25, -0.2) is 10.3 Å². The number of hydrogen-bond donors (Lipinski definition) is 4. The van der Waals surface area contributed by atoms with Gasteiger partial charge in [0.15, 0.2) is 0 Å². The maximum Gasteiger partial charge on any atom is 0.407 e. The van der Waals surface area contributed by atoms with Crippen LogP contribution in [0, 0.1) is 0 Å². The number of rotatable bonds is 10. The number of likely N-dealkylation sites (tertiary alicyclic amines) is 1. The molecule has 9 nitrogen and oxygen atoms in total. The number of unbranched alkanes of at least 4 members (excludes halogenated alkanes) is 2. The van der Waals surface area contributed by atoms with Crippen molar-refractivity contribution in [2.24, 2.45) is 0 Å². The third kappa shape index (κ3) is 6.95. The molecular weight excluding hydrogens is 426 g/mol. The highest BCUT2D eigenvalue weighted by molar-refractivity contribution is 5.94. The van der Waals surface area contributed by atoms with Crippen LogP contribution in [-0.4, -0.2) is 58.9 Å². The number of carbonyl (C=O) groups excluding carboxylic acids is 2. The molecular formula is C24H29N3O6. The van der Waals surface area contributed by atoms with Crippen LogP contribution < -0.4 is 15.5 Å². The summed E-state index contributed by atoms with van der Waals surface area (Å²) in [5, 5.41) is 22.6. The number of nitrogens with zero attached hydrogens (tertiary/aromatic N) is 1. The van der Waals surface area contributed by atoms with E-state index in [1.807, 2.05) is 42.5 Å². The van der Waals surface area contributed by atoms with E-state index in [2.05, 4.69) is 5.32 Å². The van der Waals surface area contributed by atoms with Gasteiger partial charge in [-0.3, -0.25) is 14.8 Å². The molecule has 0 aromatic heterocycles. The first kappa shape index (κ1) is 24.1. The number of benzene rings is 2. The van der Waals surface area contributed by atoms with Gasteiger partial charge in [0.05, 0.1) is 5.57 Å². The van der Waals surface area contributed by atoms with Crippen LogP contribution in [0.3, 0.4) is 0 Å². The normalized spacial score (nSPS) is 16.0. The fourth-order valence-corrected chi connectivity index (χ4v) is 3.79. The molecule has 3 rings (SSSR count). The van der Waals surface area contributed by atoms with E-state index in [1.54, 1.807) is 11.6 Å². The Hall–Kier alpha value is -3.59. The molecule has 3 amide bonds. The highest BCUT2D eigenvalue weighted by atomic mass is 16.5. The SMILES string of the molecule is O=C(CCCCC=C(COc1cccc2ccccc12)C(=O)NC1CCN(C(=O)O)C1)NO. The van der Waals surface area contributed by atoms with Crippen LogP contribution >= 0.6 is 0 Å². The summed E-state index contributed by atoms with van der Waals surface area (Å²) in [6, 6.07) is 13.3. The van der Waals surface area contributed by atoms with Gasteiger partial charge in [0.25, 0.3) is 5.91 Å². The Morgan fingerprint density at radius 1 is 1.12 bits per heavy atom. The zero-order valence-electron chi connectivity index (χ0n) is 18.3. The molecule has 1 fully saturated rings. The van der Waals surface area contributed by atoms with E-state index in [9.17, 15) is 14.4 Å². The van der Waals surface area contributed by atoms with Crippen molar-refractivity contribution in [2.45, 2.75) is 38.1 Å². The Balaban J connectivity index is 1.65. The second-order valence-corrected chi connectivity index (χ2v) is 7.96. The van der Waals surface area contributed by atoms with Crippen molar-refractivity contribution in [3.8, 4) is 5.75 Å². The Morgan fingerprint density at radius 2 is 1.91 bits per heavy atom. The Morgan fingerprint density at radius 3 is 2.67 bits per heavy atom. The van der Waals surface area contributed by atoms with Crippen molar-refractivity contribution >= 4 is 28.7 Å². The first-order chi connectivity index (χ1) is 16.0. The highest BCUT2D eigenvalue weighted by Crippen LogP contribution is 2.25. The molecule has 1 atom stereocenters. The van der Waals surface area contributed by atoms with E-state index in [4.69, 9.17) is 15.1 Å². The van der Waals surface area contributed by atoms with Gasteiger partial charge in [0.2, 0.25) is 5.91 Å². The molecule has 1 unspecified atom stereocenters. The minimum Gasteiger partial charge on any atom is -0.488 e. The summed E-state index contributed by atoms with van der Waals surface area (Å²) < 4.78 is 6.01. The van der Waals surface area contributed by atoms with Gasteiger partial charge >= 0.3 is 6.09 Å². The van der Waals surface area contributed by atoms with Crippen molar-refractivity contribution in [2.75, 3.05) is 19.7 Å². The fraction of sp³-hybridized carbons (Fsp3) is 0.375. The lowest BCUT2D eigenvalue weighted by Crippen LogP contribution is -2.39. The van der Waals surface area contributed by atoms with E-state index < -0.39 is 12.0 Å². The number of hydroxylamine groups is 1. The fourth-order valence-electron chi connectivity index (χ4n) is 3.79. The third-order valence-electron chi connectivity index (χ3n) is 5.59. The molecule has 1 saturated heterocycles. The van der Waals surface area contributed by atoms with Crippen LogP contribution in [0.2, 0.25) is 0 Å². The summed E-state index contributed by atoms with van der Waals surface area (Å²) in [5.41, 5.74) is 2.05. The van der Waals surface area contributed by atoms with E-state index in [0.717, 1.165) is 10.8 Å². The third-order valence-corrected chi connectivity index (χ3v) is 5.59. The molecule has 4 N–H and O–H groups in total. The van der Waals surface area contributed by atoms with Gasteiger partial charge in [0.1, 0.15) is 12.4 Å². The van der Waals surface area contributed by atoms with Crippen LogP contribution in [0.15, 0.2) is 54.1 Å². The number of hydrogen-bond acceptors (Lipinski definition) is 5. The minimum absolute atomic E-state index is 0.0618. The monoisotopic (exact) mass is 455 g/mol. The molecule has 33 heavy (non-hydrogen) atoms. The van der Waals surface area contributed by atoms with Gasteiger partial charge in [-0.1, -0.05) is 42.5 Å². The molecule has 0 aliphatic carbocycles. The summed E-state index contributed by atoms with van der Waals surface area (Å²) >= 11 is 0. The lowest BCUT2D eigenvalue weighted by atomic mass is 10.1. The highest BCUT2D eigenvalue weighted by Gasteiger charge is 2.27. The molecule has 0 bridgehead atoms. The zero-order valence-corrected chi connectivity index (χ0v) is 18.3. The molecule has 0 saturated carbocycles. The molecule has 2 aromatic rings. The largest absolute Gasteiger partial charge is 0.488 e. The second kappa shape index (κ2) is 11.9. The quantitative estimate of drug-likeness (QED) is 0.189. The number of ether oxygens (including phenoxy) is 1. The van der Waals surface area contributed by atoms with E-state index in [0.29, 0.717) is 43.6 Å². The predicted molar refractivity (Wildman–Crippen MR) is 122 cm³/mol. The molecule has 1 aliphatic rings. The summed E-state index contributed by atoms with van der Waals surface area (Å²) in [6.45, 7) is 0.708. The van der Waals surface area contributed by atoms with Crippen LogP contribution in [0.1, 0.15) is 32.1 Å². The number of carboxylic acid groups (broad SMARTS) is 1. The molecule has 176 valence electrons. The number of fused-ring (bicyclic) bond motifs is 1. The van der Waals surface area contributed by atoms with Crippen LogP contribution in [0.25, 0.3) is 10.8 Å². The molecule has 2 aromatic carbocycles. The summed E-state index contributed by atoms with van der Waals surface area (Å²) in [7, 11) is 0. The van der Waals surface area contributed by atoms with Gasteiger partial charge < -0.3 is 20.1 Å². The molecule has 1 aliphatic heterocycles. The maximum atomic E-state index is 13.0. The van der Waals surface area contributed by atoms with E-state index in [-0.39, 0.29) is 31.5 Å². The van der Waals surface area contributed by atoms with Gasteiger partial charge in [-0.05, 0) is 37.1 Å². The van der Waals surface area contributed by atoms with Crippen LogP contribution in [-0.2, 0) is 9.59 Å². The summed E-state index contributed by atoms with van der Waals surface area (Å²) in [5.74, 6) is -0.0645. The predicted octanol–water partition coefficient (Wildman–Crippen LogP) is 3.08. The lowest BCUT2D eigenvalue weighted by molar-refractivity contribution is -0.129. The first-order valence-corrected chi connectivity index (χ1v) is 11.0. The van der Waals surface area contributed by atoms with E-state index >= 15 is 0 Å². The minimum atomic E-state index is -0.992. The number of carbonyl (C=O) groups is 3. The Bertz CT molecular complexity index is 1020. The first-order valence-electron chi connectivity index (χ1n) is 11.0. The average Bonchev–Trinajstić information content (AvgIpc) is 3.29.